The first kappa shape index (κ1) is 13.8. The number of nitrogens with zero attached hydrogens (tertiary/aromatic N) is 1. The van der Waals surface area contributed by atoms with E-state index in [-0.39, 0.29) is 0 Å². The minimum Gasteiger partial charge on any atom is -0.443 e. The summed E-state index contributed by atoms with van der Waals surface area (Å²) in [5.41, 5.74) is 0.579. The van der Waals surface area contributed by atoms with Gasteiger partial charge in [-0.2, -0.15) is 0 Å². The van der Waals surface area contributed by atoms with Crippen LogP contribution in [0.15, 0.2) is 23.9 Å². The van der Waals surface area contributed by atoms with E-state index in [1.165, 1.54) is 17.7 Å². The van der Waals surface area contributed by atoms with Crippen molar-refractivity contribution >= 4 is 12.4 Å². The van der Waals surface area contributed by atoms with Crippen molar-refractivity contribution in [3.63, 3.8) is 0 Å². The van der Waals surface area contributed by atoms with Crippen molar-refractivity contribution in [1.29, 1.82) is 0 Å². The normalized spacial score (nSPS) is 23.0. The zero-order valence-electron chi connectivity index (χ0n) is 11.8. The highest BCUT2D eigenvalue weighted by Gasteiger charge is 2.29. The van der Waals surface area contributed by atoms with Gasteiger partial charge in [0, 0.05) is 6.20 Å². The van der Waals surface area contributed by atoms with Crippen LogP contribution in [-0.4, -0.2) is 28.9 Å². The summed E-state index contributed by atoms with van der Waals surface area (Å²) in [6.07, 6.45) is 9.26. The van der Waals surface area contributed by atoms with Crippen LogP contribution in [0.1, 0.15) is 40.0 Å². The molecule has 0 radical (unpaired) electrons. The molecule has 1 saturated carbocycles. The second-order valence-electron chi connectivity index (χ2n) is 6.22. The molecule has 0 aromatic rings. The Hall–Kier alpha value is -1.58. The van der Waals surface area contributed by atoms with Crippen LogP contribution in [0.3, 0.4) is 0 Å². The highest BCUT2D eigenvalue weighted by Crippen LogP contribution is 2.36. The predicted molar refractivity (Wildman–Crippen MR) is 72.5 cm³/mol. The largest absolute Gasteiger partial charge is 0.443 e. The minimum absolute atomic E-state index is 0.484. The molecule has 0 bridgehead atoms. The molecule has 0 aromatic heterocycles. The van der Waals surface area contributed by atoms with Crippen LogP contribution in [0.5, 0.6) is 0 Å². The summed E-state index contributed by atoms with van der Waals surface area (Å²) in [6.45, 7) is 5.43. The van der Waals surface area contributed by atoms with Gasteiger partial charge in [-0.15, -0.1) is 0 Å². The molecule has 1 unspecified atom stereocenters. The number of ether oxygens (including phenoxy) is 1. The Labute approximate surface area is 114 Å². The summed E-state index contributed by atoms with van der Waals surface area (Å²) < 4.78 is 5.29. The summed E-state index contributed by atoms with van der Waals surface area (Å²) in [7, 11) is 0. The van der Waals surface area contributed by atoms with Gasteiger partial charge >= 0.3 is 6.09 Å². The second-order valence-corrected chi connectivity index (χ2v) is 6.22. The van der Waals surface area contributed by atoms with Gasteiger partial charge in [0.1, 0.15) is 17.9 Å². The fourth-order valence-corrected chi connectivity index (χ4v) is 2.02. The number of carbonyl (C=O) groups is 2. The molecule has 104 valence electrons. The maximum Gasteiger partial charge on any atom is 0.415 e. The van der Waals surface area contributed by atoms with E-state index in [0.717, 1.165) is 24.2 Å². The molecular weight excluding hydrogens is 242 g/mol. The Balaban J connectivity index is 2.02. The molecule has 0 saturated heterocycles. The summed E-state index contributed by atoms with van der Waals surface area (Å²) in [5, 5.41) is 0. The molecule has 1 atom stereocenters. The molecule has 1 aliphatic carbocycles. The fourth-order valence-electron chi connectivity index (χ4n) is 2.02. The van der Waals surface area contributed by atoms with Crippen molar-refractivity contribution in [2.75, 3.05) is 0 Å². The van der Waals surface area contributed by atoms with E-state index in [1.807, 2.05) is 32.9 Å². The van der Waals surface area contributed by atoms with Crippen molar-refractivity contribution in [2.24, 2.45) is 5.92 Å². The van der Waals surface area contributed by atoms with E-state index >= 15 is 0 Å². The molecule has 0 aromatic carbocycles. The molecule has 1 fully saturated rings. The molecule has 19 heavy (non-hydrogen) atoms. The summed E-state index contributed by atoms with van der Waals surface area (Å²) in [6, 6.07) is -0.548. The lowest BCUT2D eigenvalue weighted by atomic mass is 10.0. The fraction of sp³-hybridized carbons (Fsp3) is 0.600. The Kier molecular flexibility index (Phi) is 3.78. The summed E-state index contributed by atoms with van der Waals surface area (Å²) in [4.78, 5) is 24.5. The Morgan fingerprint density at radius 2 is 2.16 bits per heavy atom. The number of amides is 1. The number of rotatable bonds is 3. The van der Waals surface area contributed by atoms with E-state index in [4.69, 9.17) is 4.74 Å². The van der Waals surface area contributed by atoms with Gasteiger partial charge in [-0.25, -0.2) is 4.79 Å². The van der Waals surface area contributed by atoms with E-state index in [1.54, 1.807) is 6.20 Å². The number of allylic oxidation sites excluding steroid dienone is 2. The molecule has 1 amide bonds. The third-order valence-electron chi connectivity index (χ3n) is 3.12. The van der Waals surface area contributed by atoms with Gasteiger partial charge in [-0.05, 0) is 57.6 Å². The highest BCUT2D eigenvalue weighted by atomic mass is 16.6. The topological polar surface area (TPSA) is 46.6 Å². The molecule has 0 N–H and O–H groups in total. The smallest absolute Gasteiger partial charge is 0.415 e. The number of aldehydes is 1. The van der Waals surface area contributed by atoms with Crippen molar-refractivity contribution in [1.82, 2.24) is 4.90 Å². The quantitative estimate of drug-likeness (QED) is 0.735. The van der Waals surface area contributed by atoms with Gasteiger partial charge in [0.15, 0.2) is 0 Å². The first-order valence-electron chi connectivity index (χ1n) is 6.74. The molecule has 1 aliphatic heterocycles. The first-order chi connectivity index (χ1) is 8.89. The molecular formula is C15H21NO3. The molecule has 1 heterocycles. The Bertz CT molecular complexity index is 427. The average Bonchev–Trinajstić information content (AvgIpc) is 3.10. The van der Waals surface area contributed by atoms with Gasteiger partial charge in [-0.3, -0.25) is 4.90 Å². The standard InChI is InChI=1S/C15H21NO3/c1-15(2,3)19-14(18)16-7-6-12(8-11-4-5-11)9-13(16)10-17/h6-7,9-11,13H,4-5,8H2,1-3H3. The van der Waals surface area contributed by atoms with Crippen LogP contribution in [0.4, 0.5) is 4.79 Å². The zero-order valence-corrected chi connectivity index (χ0v) is 11.8. The first-order valence-corrected chi connectivity index (χ1v) is 6.74. The Morgan fingerprint density at radius 3 is 2.68 bits per heavy atom. The molecule has 2 aliphatic rings. The van der Waals surface area contributed by atoms with Gasteiger partial charge in [0.05, 0.1) is 0 Å². The molecule has 2 rings (SSSR count). The highest BCUT2D eigenvalue weighted by molar-refractivity contribution is 5.77. The number of carbonyl (C=O) groups excluding carboxylic acids is 2. The lowest BCUT2D eigenvalue weighted by Gasteiger charge is -2.29. The van der Waals surface area contributed by atoms with Gasteiger partial charge < -0.3 is 9.53 Å². The maximum absolute atomic E-state index is 12.0. The number of hydrogen-bond donors (Lipinski definition) is 0. The molecule has 4 nitrogen and oxygen atoms in total. The third-order valence-corrected chi connectivity index (χ3v) is 3.12. The summed E-state index contributed by atoms with van der Waals surface area (Å²) in [5.74, 6) is 0.760. The van der Waals surface area contributed by atoms with Crippen molar-refractivity contribution in [3.05, 3.63) is 23.9 Å². The second kappa shape index (κ2) is 5.19. The summed E-state index contributed by atoms with van der Waals surface area (Å²) >= 11 is 0. The van der Waals surface area contributed by atoms with E-state index in [9.17, 15) is 9.59 Å². The van der Waals surface area contributed by atoms with Crippen LogP contribution >= 0.6 is 0 Å². The van der Waals surface area contributed by atoms with Crippen LogP contribution < -0.4 is 0 Å². The van der Waals surface area contributed by atoms with Crippen LogP contribution in [-0.2, 0) is 9.53 Å². The van der Waals surface area contributed by atoms with E-state index in [2.05, 4.69) is 0 Å². The van der Waals surface area contributed by atoms with Crippen LogP contribution in [0, 0.1) is 5.92 Å². The van der Waals surface area contributed by atoms with Crippen LogP contribution in [0.2, 0.25) is 0 Å². The van der Waals surface area contributed by atoms with Crippen molar-refractivity contribution in [2.45, 2.75) is 51.7 Å². The molecule has 0 spiro atoms. The van der Waals surface area contributed by atoms with Gasteiger partial charge in [-0.1, -0.05) is 6.08 Å². The SMILES string of the molecule is CC(C)(C)OC(=O)N1C=CC(CC2CC2)=CC1C=O. The zero-order chi connectivity index (χ0) is 14.0. The lowest BCUT2D eigenvalue weighted by molar-refractivity contribution is -0.110. The van der Waals surface area contributed by atoms with Crippen LogP contribution in [0.25, 0.3) is 0 Å². The Morgan fingerprint density at radius 1 is 1.47 bits per heavy atom. The van der Waals surface area contributed by atoms with Crippen molar-refractivity contribution in [3.8, 4) is 0 Å². The lowest BCUT2D eigenvalue weighted by Crippen LogP contribution is -2.41. The van der Waals surface area contributed by atoms with Gasteiger partial charge in [0.2, 0.25) is 0 Å². The number of hydrogen-bond acceptors (Lipinski definition) is 3. The third kappa shape index (κ3) is 3.94. The predicted octanol–water partition coefficient (Wildman–Crippen LogP) is 3.04. The molecule has 4 heteroatoms. The van der Waals surface area contributed by atoms with Crippen molar-refractivity contribution < 1.29 is 14.3 Å². The van der Waals surface area contributed by atoms with E-state index < -0.39 is 17.7 Å². The van der Waals surface area contributed by atoms with E-state index in [0.29, 0.717) is 0 Å². The minimum atomic E-state index is -0.559. The van der Waals surface area contributed by atoms with Gasteiger partial charge in [0.25, 0.3) is 0 Å². The monoisotopic (exact) mass is 263 g/mol. The maximum atomic E-state index is 12.0. The average molecular weight is 263 g/mol.